The summed E-state index contributed by atoms with van der Waals surface area (Å²) >= 11 is 0. The van der Waals surface area contributed by atoms with E-state index in [1.165, 1.54) is 13.0 Å². The summed E-state index contributed by atoms with van der Waals surface area (Å²) < 4.78 is 12.7. The van der Waals surface area contributed by atoms with Crippen molar-refractivity contribution in [3.8, 4) is 0 Å². The van der Waals surface area contributed by atoms with E-state index in [1.807, 2.05) is 0 Å². The van der Waals surface area contributed by atoms with Crippen molar-refractivity contribution in [1.29, 1.82) is 0 Å². The van der Waals surface area contributed by atoms with E-state index in [2.05, 4.69) is 4.98 Å². The molecule has 10 heavy (non-hydrogen) atoms. The van der Waals surface area contributed by atoms with Crippen LogP contribution in [0.3, 0.4) is 0 Å². The minimum Gasteiger partial charge on any atom is -0.396 e. The number of rotatable bonds is 0. The van der Waals surface area contributed by atoms with Crippen LogP contribution in [-0.2, 0) is 0 Å². The van der Waals surface area contributed by atoms with Crippen molar-refractivity contribution in [1.82, 2.24) is 4.98 Å². The molecule has 2 N–H and O–H groups in total. The Morgan fingerprint density at radius 1 is 1.70 bits per heavy atom. The van der Waals surface area contributed by atoms with Crippen LogP contribution in [0, 0.1) is 12.7 Å². The monoisotopic (exact) mass is 136 g/mol. The van der Waals surface area contributed by atoms with Gasteiger partial charge in [-0.2, -0.15) is 0 Å². The fourth-order valence-corrected chi connectivity index (χ4v) is 0.707. The van der Waals surface area contributed by atoms with Crippen LogP contribution in [0.5, 0.6) is 0 Å². The van der Waals surface area contributed by atoms with Gasteiger partial charge >= 0.3 is 0 Å². The summed E-state index contributed by atoms with van der Waals surface area (Å²) in [5.41, 5.74) is 5.75. The second-order valence-corrected chi connectivity index (χ2v) is 2.04. The van der Waals surface area contributed by atoms with Gasteiger partial charge in [-0.3, -0.25) is 4.98 Å². The molecule has 0 bridgehead atoms. The van der Waals surface area contributed by atoms with Gasteiger partial charge in [-0.1, -0.05) is 0 Å². The number of hydrogen-bond acceptors (Lipinski definition) is 2. The van der Waals surface area contributed by atoms with E-state index >= 15 is 0 Å². The lowest BCUT2D eigenvalue weighted by Crippen LogP contribution is -2.12. The highest BCUT2D eigenvalue weighted by Crippen LogP contribution is 2.08. The number of halogens is 1. The number of nitrogen functional groups attached to an aromatic ring is 1. The maximum absolute atomic E-state index is 12.7. The number of nitrogens with two attached hydrogens (primary N) is 1. The lowest BCUT2D eigenvalue weighted by atomic mass is 10.0. The molecule has 0 unspecified atom stereocenters. The molecule has 0 spiro atoms. The quantitative estimate of drug-likeness (QED) is 0.506. The molecule has 2 radical (unpaired) electrons. The molecule has 1 aromatic heterocycles. The molecule has 0 aromatic carbocycles. The summed E-state index contributed by atoms with van der Waals surface area (Å²) in [5, 5.41) is 0. The summed E-state index contributed by atoms with van der Waals surface area (Å²) in [6.07, 6.45) is 0. The zero-order valence-corrected chi connectivity index (χ0v) is 5.56. The molecule has 0 fully saturated rings. The van der Waals surface area contributed by atoms with E-state index < -0.39 is 5.82 Å². The Morgan fingerprint density at radius 2 is 2.30 bits per heavy atom. The predicted octanol–water partition coefficient (Wildman–Crippen LogP) is -0.0949. The third-order valence-corrected chi connectivity index (χ3v) is 1.17. The summed E-state index contributed by atoms with van der Waals surface area (Å²) in [4.78, 5) is 3.66. The molecule has 50 valence electrons. The molecule has 2 nitrogen and oxygen atoms in total. The van der Waals surface area contributed by atoms with E-state index in [0.717, 1.165) is 0 Å². The highest BCUT2D eigenvalue weighted by Gasteiger charge is 2.02. The van der Waals surface area contributed by atoms with Gasteiger partial charge in [-0.05, 0) is 18.6 Å². The van der Waals surface area contributed by atoms with Crippen LogP contribution in [0.25, 0.3) is 0 Å². The van der Waals surface area contributed by atoms with E-state index in [4.69, 9.17) is 13.6 Å². The lowest BCUT2D eigenvalue weighted by molar-refractivity contribution is 0.616. The van der Waals surface area contributed by atoms with E-state index in [0.29, 0.717) is 0 Å². The van der Waals surface area contributed by atoms with Crippen LogP contribution < -0.4 is 11.3 Å². The van der Waals surface area contributed by atoms with Crippen molar-refractivity contribution in [2.75, 3.05) is 5.73 Å². The molecule has 0 aliphatic heterocycles. The van der Waals surface area contributed by atoms with E-state index in [-0.39, 0.29) is 17.0 Å². The second-order valence-electron chi connectivity index (χ2n) is 2.04. The van der Waals surface area contributed by atoms with E-state index in [1.54, 1.807) is 0 Å². The number of nitrogens with zero attached hydrogens (tertiary/aromatic N) is 1. The van der Waals surface area contributed by atoms with Crippen molar-refractivity contribution in [3.63, 3.8) is 0 Å². The first-order chi connectivity index (χ1) is 4.61. The van der Waals surface area contributed by atoms with Crippen LogP contribution in [-0.4, -0.2) is 12.8 Å². The van der Waals surface area contributed by atoms with Crippen LogP contribution in [0.1, 0.15) is 5.69 Å². The van der Waals surface area contributed by atoms with Gasteiger partial charge in [-0.25, -0.2) is 4.39 Å². The van der Waals surface area contributed by atoms with Gasteiger partial charge in [0.25, 0.3) is 0 Å². The fourth-order valence-electron chi connectivity index (χ4n) is 0.707. The summed E-state index contributed by atoms with van der Waals surface area (Å²) in [6, 6.07) is 1.29. The third-order valence-electron chi connectivity index (χ3n) is 1.17. The Balaban J connectivity index is 3.31. The van der Waals surface area contributed by atoms with Gasteiger partial charge in [0.05, 0.1) is 11.4 Å². The number of aryl methyl sites for hydroxylation is 1. The fraction of sp³-hybridized carbons (Fsp3) is 0.167. The van der Waals surface area contributed by atoms with Gasteiger partial charge in [0.2, 0.25) is 0 Å². The first kappa shape index (κ1) is 7.06. The van der Waals surface area contributed by atoms with Crippen LogP contribution in [0.4, 0.5) is 10.1 Å². The average Bonchev–Trinajstić information content (AvgIpc) is 1.82. The highest BCUT2D eigenvalue weighted by atomic mass is 19.1. The molecule has 0 aliphatic carbocycles. The average molecular weight is 136 g/mol. The number of anilines is 1. The van der Waals surface area contributed by atoms with Crippen LogP contribution in [0.2, 0.25) is 0 Å². The third kappa shape index (κ3) is 1.10. The molecule has 4 heteroatoms. The standard InChI is InChI=1S/C6H6BFN2/c1-3-6(8)4(9)2-5(7)10-3/h2H,1H3,(H2,9,10). The maximum Gasteiger partial charge on any atom is 0.167 e. The summed E-state index contributed by atoms with van der Waals surface area (Å²) in [7, 11) is 5.27. The Labute approximate surface area is 59.7 Å². The van der Waals surface area contributed by atoms with Gasteiger partial charge in [-0.15, -0.1) is 0 Å². The molecule has 0 saturated heterocycles. The minimum absolute atomic E-state index is 0.0463. The molecule has 1 heterocycles. The van der Waals surface area contributed by atoms with Crippen molar-refractivity contribution >= 4 is 19.1 Å². The molecular formula is C6H6BFN2. The Kier molecular flexibility index (Phi) is 1.61. The van der Waals surface area contributed by atoms with Crippen molar-refractivity contribution < 1.29 is 4.39 Å². The highest BCUT2D eigenvalue weighted by molar-refractivity contribution is 6.30. The van der Waals surface area contributed by atoms with Gasteiger partial charge in [0.15, 0.2) is 5.82 Å². The zero-order valence-electron chi connectivity index (χ0n) is 5.56. The van der Waals surface area contributed by atoms with E-state index in [9.17, 15) is 4.39 Å². The molecular weight excluding hydrogens is 130 g/mol. The zero-order chi connectivity index (χ0) is 7.72. The molecule has 0 amide bonds. The number of hydrogen-bond donors (Lipinski definition) is 1. The molecule has 1 rings (SSSR count). The van der Waals surface area contributed by atoms with Crippen LogP contribution >= 0.6 is 0 Å². The summed E-state index contributed by atoms with van der Waals surface area (Å²) in [6.45, 7) is 1.52. The first-order valence-electron chi connectivity index (χ1n) is 2.79. The Morgan fingerprint density at radius 3 is 2.80 bits per heavy atom. The minimum atomic E-state index is -0.491. The van der Waals surface area contributed by atoms with Gasteiger partial charge in [0, 0.05) is 0 Å². The molecule has 1 aromatic rings. The molecule has 0 saturated carbocycles. The number of aromatic nitrogens is 1. The molecule has 0 atom stereocenters. The van der Waals surface area contributed by atoms with Crippen LogP contribution in [0.15, 0.2) is 6.07 Å². The lowest BCUT2D eigenvalue weighted by Gasteiger charge is -2.00. The van der Waals surface area contributed by atoms with Crippen molar-refractivity contribution in [3.05, 3.63) is 17.6 Å². The smallest absolute Gasteiger partial charge is 0.167 e. The topological polar surface area (TPSA) is 38.9 Å². The Bertz CT molecular complexity index is 239. The number of pyridine rings is 1. The van der Waals surface area contributed by atoms with Crippen molar-refractivity contribution in [2.24, 2.45) is 0 Å². The van der Waals surface area contributed by atoms with Gasteiger partial charge < -0.3 is 5.73 Å². The summed E-state index contributed by atoms with van der Waals surface area (Å²) in [5.74, 6) is -0.491. The first-order valence-corrected chi connectivity index (χ1v) is 2.79. The normalized spacial score (nSPS) is 9.80. The SMILES string of the molecule is [B]c1cc(N)c(F)c(C)n1. The maximum atomic E-state index is 12.7. The second kappa shape index (κ2) is 2.29. The Hall–Kier alpha value is -1.06. The van der Waals surface area contributed by atoms with Crippen molar-refractivity contribution in [2.45, 2.75) is 6.92 Å². The predicted molar refractivity (Wildman–Crippen MR) is 38.7 cm³/mol. The largest absolute Gasteiger partial charge is 0.396 e. The molecule has 0 aliphatic rings. The van der Waals surface area contributed by atoms with Gasteiger partial charge in [0.1, 0.15) is 7.85 Å².